The van der Waals surface area contributed by atoms with E-state index in [2.05, 4.69) is 7.05 Å². The minimum absolute atomic E-state index is 0. The minimum Gasteiger partial charge on any atom is -0.550 e. The Bertz CT molecular complexity index is 240. The van der Waals surface area contributed by atoms with Crippen molar-refractivity contribution < 1.29 is 65.8 Å². The van der Waals surface area contributed by atoms with E-state index in [4.69, 9.17) is 0 Å². The second-order valence-electron chi connectivity index (χ2n) is 6.09. The monoisotopic (exact) mass is 294 g/mol. The smallest absolute Gasteiger partial charge is 0.550 e. The van der Waals surface area contributed by atoms with Gasteiger partial charge in [0.1, 0.15) is 0 Å². The Kier molecular flexibility index (Phi) is 12.4. The van der Waals surface area contributed by atoms with Gasteiger partial charge >= 0.3 is 51.4 Å². The third-order valence-corrected chi connectivity index (χ3v) is 4.22. The van der Waals surface area contributed by atoms with Gasteiger partial charge in [-0.1, -0.05) is 25.7 Å². The fourth-order valence-corrected chi connectivity index (χ4v) is 2.97. The zero-order chi connectivity index (χ0) is 13.3. The molecule has 1 aliphatic rings. The standard InChI is InChI=1S/C15H29NO2.K/c1-16(13-9-10-14-16)12-8-6-4-2-3-5-7-11-15(17)18;/h2-14H2,1H3;/q;+1. The fourth-order valence-electron chi connectivity index (χ4n) is 2.97. The van der Waals surface area contributed by atoms with E-state index in [0.717, 1.165) is 12.8 Å². The van der Waals surface area contributed by atoms with Gasteiger partial charge in [0, 0.05) is 18.8 Å². The van der Waals surface area contributed by atoms with Crippen LogP contribution in [0.3, 0.4) is 0 Å². The van der Waals surface area contributed by atoms with Crippen molar-refractivity contribution in [2.75, 3.05) is 26.7 Å². The Morgan fingerprint density at radius 1 is 0.947 bits per heavy atom. The van der Waals surface area contributed by atoms with Crippen LogP contribution in [0.4, 0.5) is 0 Å². The maximum atomic E-state index is 10.2. The van der Waals surface area contributed by atoms with E-state index in [0.29, 0.717) is 0 Å². The van der Waals surface area contributed by atoms with Gasteiger partial charge in [-0.05, 0) is 25.7 Å². The first-order valence-corrected chi connectivity index (χ1v) is 7.66. The van der Waals surface area contributed by atoms with Crippen molar-refractivity contribution >= 4 is 5.97 Å². The normalized spacial score (nSPS) is 17.1. The fraction of sp³-hybridized carbons (Fsp3) is 0.933. The zero-order valence-electron chi connectivity index (χ0n) is 13.0. The molecule has 1 fully saturated rings. The minimum atomic E-state index is -0.905. The average Bonchev–Trinajstić information content (AvgIpc) is 2.74. The molecule has 0 aromatic carbocycles. The summed E-state index contributed by atoms with van der Waals surface area (Å²) >= 11 is 0. The molecule has 0 aromatic heterocycles. The van der Waals surface area contributed by atoms with Crippen LogP contribution < -0.4 is 56.5 Å². The number of hydrogen-bond acceptors (Lipinski definition) is 2. The molecule has 0 atom stereocenters. The molecule has 19 heavy (non-hydrogen) atoms. The first-order chi connectivity index (χ1) is 8.62. The van der Waals surface area contributed by atoms with Gasteiger partial charge in [0.2, 0.25) is 0 Å². The predicted molar refractivity (Wildman–Crippen MR) is 72.0 cm³/mol. The number of carbonyl (C=O) groups is 1. The number of rotatable bonds is 10. The summed E-state index contributed by atoms with van der Waals surface area (Å²) in [5, 5.41) is 10.2. The summed E-state index contributed by atoms with van der Waals surface area (Å²) < 4.78 is 1.30. The van der Waals surface area contributed by atoms with Gasteiger partial charge in [0.25, 0.3) is 0 Å². The van der Waals surface area contributed by atoms with Crippen LogP contribution in [0.15, 0.2) is 0 Å². The summed E-state index contributed by atoms with van der Waals surface area (Å²) in [5.41, 5.74) is 0. The number of carboxylic acids is 1. The van der Waals surface area contributed by atoms with Gasteiger partial charge in [-0.3, -0.25) is 0 Å². The van der Waals surface area contributed by atoms with E-state index in [9.17, 15) is 9.90 Å². The maximum Gasteiger partial charge on any atom is 1.00 e. The molecule has 1 saturated heterocycles. The molecular formula is C15H29KNO2+. The largest absolute Gasteiger partial charge is 1.00 e. The summed E-state index contributed by atoms with van der Waals surface area (Å²) in [4.78, 5) is 10.2. The number of carboxylic acid groups (broad SMARTS) is 1. The average molecular weight is 294 g/mol. The van der Waals surface area contributed by atoms with Crippen LogP contribution in [0.5, 0.6) is 0 Å². The van der Waals surface area contributed by atoms with Crippen LogP contribution in [-0.4, -0.2) is 37.1 Å². The third kappa shape index (κ3) is 10.4. The second-order valence-corrected chi connectivity index (χ2v) is 6.09. The van der Waals surface area contributed by atoms with Gasteiger partial charge in [0.05, 0.1) is 26.7 Å². The first kappa shape index (κ1) is 20.1. The van der Waals surface area contributed by atoms with Crippen LogP contribution in [0.2, 0.25) is 0 Å². The van der Waals surface area contributed by atoms with Gasteiger partial charge in [-0.15, -0.1) is 0 Å². The Morgan fingerprint density at radius 3 is 1.95 bits per heavy atom. The van der Waals surface area contributed by atoms with Crippen LogP contribution in [-0.2, 0) is 4.79 Å². The summed E-state index contributed by atoms with van der Waals surface area (Å²) in [5.74, 6) is -0.905. The number of unbranched alkanes of at least 4 members (excludes halogenated alkanes) is 6. The molecule has 1 heterocycles. The first-order valence-electron chi connectivity index (χ1n) is 7.66. The molecule has 4 heteroatoms. The number of likely N-dealkylation sites (tertiary alicyclic amines) is 1. The Morgan fingerprint density at radius 2 is 1.42 bits per heavy atom. The molecule has 0 saturated carbocycles. The number of quaternary nitrogens is 1. The third-order valence-electron chi connectivity index (χ3n) is 4.22. The van der Waals surface area contributed by atoms with E-state index < -0.39 is 5.97 Å². The van der Waals surface area contributed by atoms with Crippen LogP contribution in [0.1, 0.15) is 64.2 Å². The number of nitrogens with zero attached hydrogens (tertiary/aromatic N) is 1. The molecule has 0 aliphatic carbocycles. The van der Waals surface area contributed by atoms with Gasteiger partial charge in [-0.25, -0.2) is 0 Å². The van der Waals surface area contributed by atoms with Crippen LogP contribution >= 0.6 is 0 Å². The maximum absolute atomic E-state index is 10.2. The van der Waals surface area contributed by atoms with Crippen molar-refractivity contribution in [3.63, 3.8) is 0 Å². The molecule has 0 amide bonds. The summed E-state index contributed by atoms with van der Waals surface area (Å²) in [6, 6.07) is 0. The van der Waals surface area contributed by atoms with Gasteiger partial charge in [0.15, 0.2) is 0 Å². The summed E-state index contributed by atoms with van der Waals surface area (Å²) in [7, 11) is 2.40. The number of hydrogen-bond donors (Lipinski definition) is 0. The molecular weight excluding hydrogens is 265 g/mol. The van der Waals surface area contributed by atoms with Crippen molar-refractivity contribution in [1.82, 2.24) is 0 Å². The van der Waals surface area contributed by atoms with Crippen LogP contribution in [0.25, 0.3) is 0 Å². The Hall–Kier alpha value is 1.07. The molecule has 0 aromatic rings. The van der Waals surface area contributed by atoms with E-state index in [1.54, 1.807) is 0 Å². The topological polar surface area (TPSA) is 40.1 Å². The summed E-state index contributed by atoms with van der Waals surface area (Å²) in [6.45, 7) is 4.11. The number of carbonyl (C=O) groups excluding carboxylic acids is 1. The zero-order valence-corrected chi connectivity index (χ0v) is 16.1. The Labute approximate surface area is 161 Å². The van der Waals surface area contributed by atoms with Crippen molar-refractivity contribution in [2.45, 2.75) is 64.2 Å². The van der Waals surface area contributed by atoms with Crippen molar-refractivity contribution in [1.29, 1.82) is 0 Å². The van der Waals surface area contributed by atoms with Crippen LogP contribution in [0, 0.1) is 0 Å². The molecule has 0 spiro atoms. The molecule has 1 aliphatic heterocycles. The number of aliphatic carboxylic acids is 1. The summed E-state index contributed by atoms with van der Waals surface area (Å²) in [6.07, 6.45) is 11.3. The van der Waals surface area contributed by atoms with Gasteiger partial charge in [-0.2, -0.15) is 0 Å². The van der Waals surface area contributed by atoms with E-state index in [1.807, 2.05) is 0 Å². The van der Waals surface area contributed by atoms with Gasteiger partial charge < -0.3 is 14.4 Å². The van der Waals surface area contributed by atoms with Crippen molar-refractivity contribution in [2.24, 2.45) is 0 Å². The molecule has 0 N–H and O–H groups in total. The van der Waals surface area contributed by atoms with E-state index >= 15 is 0 Å². The molecule has 1 rings (SSSR count). The van der Waals surface area contributed by atoms with E-state index in [-0.39, 0.29) is 57.8 Å². The van der Waals surface area contributed by atoms with Crippen molar-refractivity contribution in [3.05, 3.63) is 0 Å². The predicted octanol–water partition coefficient (Wildman–Crippen LogP) is -0.898. The molecule has 0 unspecified atom stereocenters. The molecule has 3 nitrogen and oxygen atoms in total. The quantitative estimate of drug-likeness (QED) is 0.298. The van der Waals surface area contributed by atoms with Crippen molar-refractivity contribution in [3.8, 4) is 0 Å². The molecule has 106 valence electrons. The second kappa shape index (κ2) is 11.7. The molecule has 0 bridgehead atoms. The molecule has 0 radical (unpaired) electrons. The Balaban J connectivity index is 0.00000324. The van der Waals surface area contributed by atoms with E-state index in [1.165, 1.54) is 69.1 Å². The SMILES string of the molecule is C[N+]1(CCCCCCCCCC(=O)[O-])CCCC1.[K+].